The van der Waals surface area contributed by atoms with Gasteiger partial charge in [-0.1, -0.05) is 25.5 Å². The van der Waals surface area contributed by atoms with E-state index in [2.05, 4.69) is 22.2 Å². The third kappa shape index (κ3) is 3.68. The second-order valence-electron chi connectivity index (χ2n) is 5.49. The summed E-state index contributed by atoms with van der Waals surface area (Å²) < 4.78 is 5.09. The van der Waals surface area contributed by atoms with Crippen molar-refractivity contribution in [2.75, 3.05) is 0 Å². The van der Waals surface area contributed by atoms with E-state index < -0.39 is 0 Å². The van der Waals surface area contributed by atoms with E-state index in [0.717, 1.165) is 18.4 Å². The average Bonchev–Trinajstić information content (AvgIpc) is 3.15. The predicted molar refractivity (Wildman–Crippen MR) is 91.3 cm³/mol. The zero-order valence-corrected chi connectivity index (χ0v) is 13.5. The summed E-state index contributed by atoms with van der Waals surface area (Å²) >= 11 is 0. The van der Waals surface area contributed by atoms with Crippen molar-refractivity contribution in [1.82, 2.24) is 15.3 Å². The fourth-order valence-electron chi connectivity index (χ4n) is 2.51. The number of carbonyl (C=O) groups excluding carboxylic acids is 1. The van der Waals surface area contributed by atoms with E-state index in [-0.39, 0.29) is 5.91 Å². The molecule has 0 aliphatic carbocycles. The highest BCUT2D eigenvalue weighted by atomic mass is 16.3. The fraction of sp³-hybridized carbons (Fsp3) is 0.211. The van der Waals surface area contributed by atoms with Crippen molar-refractivity contribution in [2.45, 2.75) is 26.3 Å². The van der Waals surface area contributed by atoms with Gasteiger partial charge in [0.25, 0.3) is 5.91 Å². The predicted octanol–water partition coefficient (Wildman–Crippen LogP) is 3.62. The lowest BCUT2D eigenvalue weighted by Crippen LogP contribution is -2.23. The summed E-state index contributed by atoms with van der Waals surface area (Å²) in [5, 5.41) is 2.90. The summed E-state index contributed by atoms with van der Waals surface area (Å²) in [6.45, 7) is 2.45. The van der Waals surface area contributed by atoms with Crippen molar-refractivity contribution in [2.24, 2.45) is 0 Å². The Morgan fingerprint density at radius 1 is 1.12 bits per heavy atom. The first-order valence-electron chi connectivity index (χ1n) is 7.97. The molecule has 5 nitrogen and oxygen atoms in total. The standard InChI is InChI=1S/C19H19N3O2/c1-2-3-14-4-6-15(7-5-14)19(23)22-12-17-18(21-10-9-20-17)16-8-11-24-13-16/h4-11,13H,2-3,12H2,1H3,(H,22,23). The van der Waals surface area contributed by atoms with E-state index in [9.17, 15) is 4.79 Å². The maximum Gasteiger partial charge on any atom is 0.251 e. The van der Waals surface area contributed by atoms with Gasteiger partial charge in [0.15, 0.2) is 0 Å². The first-order chi connectivity index (χ1) is 11.8. The first kappa shape index (κ1) is 15.9. The zero-order chi connectivity index (χ0) is 16.8. The summed E-state index contributed by atoms with van der Waals surface area (Å²) in [5.74, 6) is -0.123. The molecule has 3 aromatic rings. The Hall–Kier alpha value is -2.95. The number of hydrogen-bond acceptors (Lipinski definition) is 4. The van der Waals surface area contributed by atoms with Gasteiger partial charge in [-0.15, -0.1) is 0 Å². The zero-order valence-electron chi connectivity index (χ0n) is 13.5. The molecule has 2 aromatic heterocycles. The topological polar surface area (TPSA) is 68.0 Å². The smallest absolute Gasteiger partial charge is 0.251 e. The molecule has 0 saturated carbocycles. The molecule has 0 bridgehead atoms. The van der Waals surface area contributed by atoms with Gasteiger partial charge in [-0.25, -0.2) is 0 Å². The van der Waals surface area contributed by atoms with Gasteiger partial charge in [0.05, 0.1) is 30.5 Å². The number of aromatic nitrogens is 2. The number of aryl methyl sites for hydroxylation is 1. The molecule has 3 rings (SSSR count). The SMILES string of the molecule is CCCc1ccc(C(=O)NCc2nccnc2-c2ccoc2)cc1. The molecule has 0 fully saturated rings. The van der Waals surface area contributed by atoms with Gasteiger partial charge in [-0.3, -0.25) is 14.8 Å². The Morgan fingerprint density at radius 2 is 1.92 bits per heavy atom. The molecule has 0 saturated heterocycles. The molecule has 122 valence electrons. The molecule has 0 atom stereocenters. The monoisotopic (exact) mass is 321 g/mol. The highest BCUT2D eigenvalue weighted by Gasteiger charge is 2.11. The van der Waals surface area contributed by atoms with E-state index in [1.54, 1.807) is 24.9 Å². The molecule has 1 aromatic carbocycles. The molecule has 0 aliphatic rings. The Bertz CT molecular complexity index is 796. The Labute approximate surface area is 140 Å². The number of amides is 1. The second-order valence-corrected chi connectivity index (χ2v) is 5.49. The number of benzene rings is 1. The molecule has 1 amide bonds. The van der Waals surface area contributed by atoms with E-state index in [1.807, 2.05) is 30.3 Å². The number of rotatable bonds is 6. The van der Waals surface area contributed by atoms with Crippen molar-refractivity contribution < 1.29 is 9.21 Å². The minimum atomic E-state index is -0.123. The molecule has 0 aliphatic heterocycles. The van der Waals surface area contributed by atoms with E-state index >= 15 is 0 Å². The Morgan fingerprint density at radius 3 is 2.62 bits per heavy atom. The molecular formula is C19H19N3O2. The molecule has 2 heterocycles. The normalized spacial score (nSPS) is 10.5. The summed E-state index contributed by atoms with van der Waals surface area (Å²) in [6, 6.07) is 9.53. The quantitative estimate of drug-likeness (QED) is 0.753. The number of furan rings is 1. The fourth-order valence-corrected chi connectivity index (χ4v) is 2.51. The van der Waals surface area contributed by atoms with Gasteiger partial charge < -0.3 is 9.73 Å². The molecular weight excluding hydrogens is 302 g/mol. The van der Waals surface area contributed by atoms with Crippen LogP contribution in [-0.2, 0) is 13.0 Å². The highest BCUT2D eigenvalue weighted by Crippen LogP contribution is 2.19. The minimum Gasteiger partial charge on any atom is -0.472 e. The Balaban J connectivity index is 1.69. The van der Waals surface area contributed by atoms with Crippen molar-refractivity contribution in [3.05, 3.63) is 72.1 Å². The van der Waals surface area contributed by atoms with Crippen LogP contribution in [0.25, 0.3) is 11.3 Å². The van der Waals surface area contributed by atoms with E-state index in [1.165, 1.54) is 5.56 Å². The lowest BCUT2D eigenvalue weighted by Gasteiger charge is -2.08. The van der Waals surface area contributed by atoms with Crippen LogP contribution in [0.5, 0.6) is 0 Å². The van der Waals surface area contributed by atoms with Crippen molar-refractivity contribution in [1.29, 1.82) is 0 Å². The van der Waals surface area contributed by atoms with Gasteiger partial charge in [0.2, 0.25) is 0 Å². The molecule has 5 heteroatoms. The van der Waals surface area contributed by atoms with Crippen LogP contribution >= 0.6 is 0 Å². The summed E-state index contributed by atoms with van der Waals surface area (Å²) in [4.78, 5) is 21.0. The number of hydrogen-bond donors (Lipinski definition) is 1. The molecule has 0 unspecified atom stereocenters. The summed E-state index contributed by atoms with van der Waals surface area (Å²) in [5.41, 5.74) is 4.14. The molecule has 0 radical (unpaired) electrons. The van der Waals surface area contributed by atoms with Crippen LogP contribution in [0.3, 0.4) is 0 Å². The third-order valence-electron chi connectivity index (χ3n) is 3.74. The number of nitrogens with zero attached hydrogens (tertiary/aromatic N) is 2. The van der Waals surface area contributed by atoms with Gasteiger partial charge in [0.1, 0.15) is 0 Å². The van der Waals surface area contributed by atoms with E-state index in [4.69, 9.17) is 4.42 Å². The van der Waals surface area contributed by atoms with Gasteiger partial charge in [-0.05, 0) is 30.2 Å². The number of carbonyl (C=O) groups is 1. The molecule has 24 heavy (non-hydrogen) atoms. The van der Waals surface area contributed by atoms with Gasteiger partial charge >= 0.3 is 0 Å². The van der Waals surface area contributed by atoms with Gasteiger partial charge in [0, 0.05) is 23.5 Å². The van der Waals surface area contributed by atoms with E-state index in [0.29, 0.717) is 23.5 Å². The molecule has 1 N–H and O–H groups in total. The number of nitrogens with one attached hydrogen (secondary N) is 1. The first-order valence-corrected chi connectivity index (χ1v) is 7.97. The minimum absolute atomic E-state index is 0.123. The van der Waals surface area contributed by atoms with Crippen LogP contribution in [0, 0.1) is 0 Å². The molecule has 0 spiro atoms. The van der Waals surface area contributed by atoms with Crippen LogP contribution in [0.1, 0.15) is 35.0 Å². The lowest BCUT2D eigenvalue weighted by atomic mass is 10.1. The van der Waals surface area contributed by atoms with Crippen LogP contribution < -0.4 is 5.32 Å². The highest BCUT2D eigenvalue weighted by molar-refractivity contribution is 5.94. The maximum absolute atomic E-state index is 12.3. The summed E-state index contributed by atoms with van der Waals surface area (Å²) in [6.07, 6.45) is 8.56. The lowest BCUT2D eigenvalue weighted by molar-refractivity contribution is 0.0950. The van der Waals surface area contributed by atoms with Crippen LogP contribution in [0.2, 0.25) is 0 Å². The van der Waals surface area contributed by atoms with Crippen molar-refractivity contribution >= 4 is 5.91 Å². The van der Waals surface area contributed by atoms with Crippen LogP contribution in [0.4, 0.5) is 0 Å². The second kappa shape index (κ2) is 7.55. The van der Waals surface area contributed by atoms with Crippen LogP contribution in [-0.4, -0.2) is 15.9 Å². The van der Waals surface area contributed by atoms with Crippen molar-refractivity contribution in [3.63, 3.8) is 0 Å². The van der Waals surface area contributed by atoms with Gasteiger partial charge in [-0.2, -0.15) is 0 Å². The maximum atomic E-state index is 12.3. The summed E-state index contributed by atoms with van der Waals surface area (Å²) in [7, 11) is 0. The largest absolute Gasteiger partial charge is 0.472 e. The third-order valence-corrected chi connectivity index (χ3v) is 3.74. The average molecular weight is 321 g/mol. The van der Waals surface area contributed by atoms with Crippen LogP contribution in [0.15, 0.2) is 59.7 Å². The Kier molecular flexibility index (Phi) is 5.01. The van der Waals surface area contributed by atoms with Crippen molar-refractivity contribution in [3.8, 4) is 11.3 Å².